The molecular weight excluding hydrogens is 239 g/mol. The van der Waals surface area contributed by atoms with Gasteiger partial charge in [-0.3, -0.25) is 0 Å². The quantitative estimate of drug-likeness (QED) is 0.530. The number of rotatable bonds is 1. The van der Waals surface area contributed by atoms with Gasteiger partial charge < -0.3 is 9.47 Å². The third-order valence-electron chi connectivity index (χ3n) is 2.83. The largest absolute Gasteiger partial charge is 0.429 e. The molecule has 84 valence electrons. The van der Waals surface area contributed by atoms with E-state index in [1.54, 1.807) is 0 Å². The molecule has 15 heavy (non-hydrogen) atoms. The Morgan fingerprint density at radius 1 is 1.40 bits per heavy atom. The van der Waals surface area contributed by atoms with Gasteiger partial charge in [0.05, 0.1) is 0 Å². The van der Waals surface area contributed by atoms with E-state index in [9.17, 15) is 4.79 Å². The fourth-order valence-electron chi connectivity index (χ4n) is 2.09. The van der Waals surface area contributed by atoms with Crippen molar-refractivity contribution in [2.75, 3.05) is 7.11 Å². The summed E-state index contributed by atoms with van der Waals surface area (Å²) in [5.41, 5.74) is 0.938. The first-order chi connectivity index (χ1) is 7.07. The third-order valence-corrected chi connectivity index (χ3v) is 3.53. The molecule has 0 N–H and O–H groups in total. The molecule has 0 radical (unpaired) electrons. The second-order valence-corrected chi connectivity index (χ2v) is 5.17. The van der Waals surface area contributed by atoms with Crippen LogP contribution in [0, 0.1) is 0 Å². The van der Waals surface area contributed by atoms with Gasteiger partial charge in [-0.2, -0.15) is 0 Å². The SMILES string of the molecule is COC1C2=C(CCCC2)OC(=O)C1(Cl)Cl. The fraction of sp³-hybridized carbons (Fsp3) is 0.700. The van der Waals surface area contributed by atoms with Crippen LogP contribution in [0.5, 0.6) is 0 Å². The minimum atomic E-state index is -1.61. The normalized spacial score (nSPS) is 29.8. The van der Waals surface area contributed by atoms with E-state index < -0.39 is 16.4 Å². The number of alkyl halides is 2. The van der Waals surface area contributed by atoms with Gasteiger partial charge in [-0.15, -0.1) is 0 Å². The minimum Gasteiger partial charge on any atom is -0.429 e. The van der Waals surface area contributed by atoms with Crippen LogP contribution in [0.15, 0.2) is 11.3 Å². The first-order valence-corrected chi connectivity index (χ1v) is 5.67. The molecule has 1 aliphatic heterocycles. The lowest BCUT2D eigenvalue weighted by Crippen LogP contribution is -2.47. The monoisotopic (exact) mass is 250 g/mol. The summed E-state index contributed by atoms with van der Waals surface area (Å²) in [6.07, 6.45) is 3.12. The molecular formula is C10H12Cl2O3. The summed E-state index contributed by atoms with van der Waals surface area (Å²) in [4.78, 5) is 11.5. The van der Waals surface area contributed by atoms with Crippen molar-refractivity contribution >= 4 is 29.2 Å². The van der Waals surface area contributed by atoms with Gasteiger partial charge in [0.2, 0.25) is 4.33 Å². The molecule has 3 nitrogen and oxygen atoms in total. The van der Waals surface area contributed by atoms with Crippen LogP contribution < -0.4 is 0 Å². The van der Waals surface area contributed by atoms with Gasteiger partial charge in [-0.05, 0) is 19.3 Å². The Bertz CT molecular complexity index is 323. The van der Waals surface area contributed by atoms with Crippen LogP contribution in [0.25, 0.3) is 0 Å². The summed E-state index contributed by atoms with van der Waals surface area (Å²) in [5.74, 6) is 0.0772. The van der Waals surface area contributed by atoms with E-state index in [4.69, 9.17) is 32.7 Å². The van der Waals surface area contributed by atoms with E-state index in [-0.39, 0.29) is 0 Å². The Labute approximate surface area is 98.3 Å². The average molecular weight is 251 g/mol. The molecule has 1 aliphatic carbocycles. The molecule has 0 aromatic carbocycles. The molecule has 0 bridgehead atoms. The zero-order valence-corrected chi connectivity index (χ0v) is 9.90. The van der Waals surface area contributed by atoms with Crippen molar-refractivity contribution in [1.29, 1.82) is 0 Å². The molecule has 0 fully saturated rings. The Kier molecular flexibility index (Phi) is 2.97. The highest BCUT2D eigenvalue weighted by molar-refractivity contribution is 6.58. The molecule has 0 saturated carbocycles. The van der Waals surface area contributed by atoms with Crippen LogP contribution in [0.4, 0.5) is 0 Å². The first kappa shape index (κ1) is 11.2. The van der Waals surface area contributed by atoms with Crippen molar-refractivity contribution in [3.8, 4) is 0 Å². The number of carbonyl (C=O) groups is 1. The lowest BCUT2D eigenvalue weighted by Gasteiger charge is -2.36. The second-order valence-electron chi connectivity index (χ2n) is 3.78. The lowest BCUT2D eigenvalue weighted by molar-refractivity contribution is -0.145. The second kappa shape index (κ2) is 3.96. The maximum Gasteiger partial charge on any atom is 0.350 e. The summed E-state index contributed by atoms with van der Waals surface area (Å²) in [6.45, 7) is 0. The number of hydrogen-bond donors (Lipinski definition) is 0. The summed E-state index contributed by atoms with van der Waals surface area (Å²) in [6, 6.07) is 0. The summed E-state index contributed by atoms with van der Waals surface area (Å²) < 4.78 is 8.75. The lowest BCUT2D eigenvalue weighted by atomic mass is 9.90. The molecule has 2 rings (SSSR count). The van der Waals surface area contributed by atoms with Crippen LogP contribution in [0.2, 0.25) is 0 Å². The molecule has 1 atom stereocenters. The van der Waals surface area contributed by atoms with E-state index in [1.165, 1.54) is 7.11 Å². The molecule has 0 aromatic heterocycles. The number of ether oxygens (including phenoxy) is 2. The van der Waals surface area contributed by atoms with Crippen LogP contribution in [0.3, 0.4) is 0 Å². The van der Waals surface area contributed by atoms with Crippen LogP contribution >= 0.6 is 23.2 Å². The predicted octanol–water partition coefficient (Wildman–Crippen LogP) is 2.56. The standard InChI is InChI=1S/C10H12Cl2O3/c1-14-8-6-4-2-3-5-7(6)15-9(13)10(8,11)12/h8H,2-5H2,1H3. The number of carbonyl (C=O) groups excluding carboxylic acids is 1. The van der Waals surface area contributed by atoms with Crippen molar-refractivity contribution in [3.63, 3.8) is 0 Å². The number of hydrogen-bond acceptors (Lipinski definition) is 3. The molecule has 2 aliphatic rings. The van der Waals surface area contributed by atoms with Crippen LogP contribution in [-0.2, 0) is 14.3 Å². The van der Waals surface area contributed by atoms with Gasteiger partial charge in [0, 0.05) is 19.1 Å². The van der Waals surface area contributed by atoms with E-state index in [0.29, 0.717) is 5.76 Å². The van der Waals surface area contributed by atoms with Crippen molar-refractivity contribution in [2.24, 2.45) is 0 Å². The van der Waals surface area contributed by atoms with Crippen molar-refractivity contribution in [1.82, 2.24) is 0 Å². The van der Waals surface area contributed by atoms with E-state index >= 15 is 0 Å². The van der Waals surface area contributed by atoms with Crippen LogP contribution in [-0.4, -0.2) is 23.5 Å². The fourth-order valence-corrected chi connectivity index (χ4v) is 2.61. The van der Waals surface area contributed by atoms with Gasteiger partial charge in [0.25, 0.3) is 0 Å². The molecule has 0 saturated heterocycles. The Morgan fingerprint density at radius 3 is 2.73 bits per heavy atom. The van der Waals surface area contributed by atoms with E-state index in [2.05, 4.69) is 0 Å². The topological polar surface area (TPSA) is 35.5 Å². The summed E-state index contributed by atoms with van der Waals surface area (Å²) >= 11 is 11.9. The minimum absolute atomic E-state index is 0.572. The zero-order chi connectivity index (χ0) is 11.1. The zero-order valence-electron chi connectivity index (χ0n) is 8.39. The third kappa shape index (κ3) is 1.77. The molecule has 5 heteroatoms. The summed E-state index contributed by atoms with van der Waals surface area (Å²) in [5, 5.41) is 0. The van der Waals surface area contributed by atoms with E-state index in [1.807, 2.05) is 0 Å². The number of esters is 1. The van der Waals surface area contributed by atoms with Crippen molar-refractivity contribution in [3.05, 3.63) is 11.3 Å². The molecule has 1 unspecified atom stereocenters. The maximum atomic E-state index is 11.5. The van der Waals surface area contributed by atoms with Gasteiger partial charge in [-0.25, -0.2) is 4.79 Å². The number of methoxy groups -OCH3 is 1. The van der Waals surface area contributed by atoms with E-state index in [0.717, 1.165) is 31.3 Å². The molecule has 0 amide bonds. The maximum absolute atomic E-state index is 11.5. The smallest absolute Gasteiger partial charge is 0.350 e. The number of allylic oxidation sites excluding steroid dienone is 1. The van der Waals surface area contributed by atoms with Crippen LogP contribution in [0.1, 0.15) is 25.7 Å². The van der Waals surface area contributed by atoms with Gasteiger partial charge in [-0.1, -0.05) is 23.2 Å². The average Bonchev–Trinajstić information content (AvgIpc) is 2.20. The number of halogens is 2. The Morgan fingerprint density at radius 2 is 2.07 bits per heavy atom. The molecule has 0 aromatic rings. The summed E-state index contributed by atoms with van der Waals surface area (Å²) in [7, 11) is 1.50. The van der Waals surface area contributed by atoms with Crippen molar-refractivity contribution < 1.29 is 14.3 Å². The highest BCUT2D eigenvalue weighted by Crippen LogP contribution is 2.43. The van der Waals surface area contributed by atoms with Gasteiger partial charge in [0.1, 0.15) is 11.9 Å². The molecule has 1 heterocycles. The first-order valence-electron chi connectivity index (χ1n) is 4.92. The predicted molar refractivity (Wildman–Crippen MR) is 56.8 cm³/mol. The van der Waals surface area contributed by atoms with Crippen molar-refractivity contribution in [2.45, 2.75) is 36.1 Å². The molecule has 0 spiro atoms. The van der Waals surface area contributed by atoms with Gasteiger partial charge >= 0.3 is 5.97 Å². The Hall–Kier alpha value is -0.250. The Balaban J connectivity index is 2.40. The highest BCUT2D eigenvalue weighted by Gasteiger charge is 2.51. The highest BCUT2D eigenvalue weighted by atomic mass is 35.5. The van der Waals surface area contributed by atoms with Gasteiger partial charge in [0.15, 0.2) is 0 Å².